The minimum Gasteiger partial charge on any atom is -0.379 e. The number of hydrogen-bond donors (Lipinski definition) is 1. The molecule has 0 aliphatic carbocycles. The first kappa shape index (κ1) is 22.2. The van der Waals surface area contributed by atoms with Crippen molar-refractivity contribution in [3.05, 3.63) is 70.8 Å². The number of carbonyl (C=O) groups is 3. The van der Waals surface area contributed by atoms with Gasteiger partial charge in [0.1, 0.15) is 0 Å². The molecule has 1 N–H and O–H groups in total. The van der Waals surface area contributed by atoms with E-state index in [9.17, 15) is 14.4 Å². The molecule has 3 amide bonds. The van der Waals surface area contributed by atoms with Crippen LogP contribution in [0.2, 0.25) is 0 Å². The second-order valence-corrected chi connectivity index (χ2v) is 8.58. The lowest BCUT2D eigenvalue weighted by molar-refractivity contribution is -0.0169. The van der Waals surface area contributed by atoms with Crippen LogP contribution in [-0.4, -0.2) is 65.9 Å². The number of fused-ring (bicyclic) bond motifs is 1. The Morgan fingerprint density at radius 2 is 1.72 bits per heavy atom. The van der Waals surface area contributed by atoms with E-state index in [2.05, 4.69) is 24.1 Å². The second kappa shape index (κ2) is 9.22. The molecule has 0 saturated carbocycles. The van der Waals surface area contributed by atoms with E-state index in [-0.39, 0.29) is 35.4 Å². The van der Waals surface area contributed by atoms with E-state index in [0.717, 1.165) is 25.1 Å². The predicted molar refractivity (Wildman–Crippen MR) is 121 cm³/mol. The fraction of sp³-hybridized carbons (Fsp3) is 0.400. The van der Waals surface area contributed by atoms with Gasteiger partial charge in [-0.1, -0.05) is 37.3 Å². The average Bonchev–Trinajstić information content (AvgIpc) is 3.07. The van der Waals surface area contributed by atoms with Crippen LogP contribution in [0.25, 0.3) is 0 Å². The summed E-state index contributed by atoms with van der Waals surface area (Å²) in [5.41, 5.74) is 1.71. The Morgan fingerprint density at radius 1 is 1.03 bits per heavy atom. The summed E-state index contributed by atoms with van der Waals surface area (Å²) in [7, 11) is 0. The third kappa shape index (κ3) is 4.31. The maximum atomic E-state index is 12.9. The first-order chi connectivity index (χ1) is 15.4. The summed E-state index contributed by atoms with van der Waals surface area (Å²) in [5.74, 6) is -0.940. The number of amides is 3. The minimum atomic E-state index is -0.366. The molecule has 0 bridgehead atoms. The van der Waals surface area contributed by atoms with Crippen LogP contribution in [0, 0.1) is 0 Å². The number of nitrogens with one attached hydrogen (secondary N) is 1. The third-order valence-corrected chi connectivity index (χ3v) is 6.58. The molecule has 0 radical (unpaired) electrons. The number of nitrogens with zero attached hydrogens (tertiary/aromatic N) is 2. The molecule has 0 spiro atoms. The van der Waals surface area contributed by atoms with E-state index in [1.807, 2.05) is 30.3 Å². The highest BCUT2D eigenvalue weighted by atomic mass is 16.5. The first-order valence-electron chi connectivity index (χ1n) is 11.1. The Balaban J connectivity index is 1.46. The van der Waals surface area contributed by atoms with Crippen molar-refractivity contribution in [1.82, 2.24) is 15.1 Å². The Bertz CT molecular complexity index is 1020. The van der Waals surface area contributed by atoms with E-state index >= 15 is 0 Å². The Labute approximate surface area is 188 Å². The number of imide groups is 1. The summed E-state index contributed by atoms with van der Waals surface area (Å²) in [6, 6.07) is 14.1. The fourth-order valence-corrected chi connectivity index (χ4v) is 4.28. The van der Waals surface area contributed by atoms with Gasteiger partial charge in [-0.05, 0) is 37.1 Å². The number of morpholine rings is 1. The molecule has 2 aliphatic rings. The van der Waals surface area contributed by atoms with Crippen LogP contribution in [0.4, 0.5) is 0 Å². The maximum Gasteiger partial charge on any atom is 0.261 e. The molecule has 4 rings (SSSR count). The Hall–Kier alpha value is -3.03. The number of rotatable bonds is 7. The van der Waals surface area contributed by atoms with Crippen molar-refractivity contribution >= 4 is 17.7 Å². The Morgan fingerprint density at radius 3 is 2.41 bits per heavy atom. The lowest BCUT2D eigenvalue weighted by atomic mass is 9.95. The molecule has 2 heterocycles. The van der Waals surface area contributed by atoms with Gasteiger partial charge in [0.05, 0.1) is 30.9 Å². The first-order valence-corrected chi connectivity index (χ1v) is 11.1. The fourth-order valence-electron chi connectivity index (χ4n) is 4.28. The summed E-state index contributed by atoms with van der Waals surface area (Å²) in [6.07, 6.45) is 0.888. The van der Waals surface area contributed by atoms with Gasteiger partial charge in [0, 0.05) is 30.7 Å². The van der Waals surface area contributed by atoms with Gasteiger partial charge in [0.15, 0.2) is 0 Å². The van der Waals surface area contributed by atoms with Gasteiger partial charge in [0.25, 0.3) is 17.7 Å². The normalized spacial score (nSPS) is 18.4. The van der Waals surface area contributed by atoms with Crippen molar-refractivity contribution in [1.29, 1.82) is 0 Å². The summed E-state index contributed by atoms with van der Waals surface area (Å²) >= 11 is 0. The standard InChI is InChI=1S/C25H29N3O4/c1-3-25(2,27-11-13-32-14-12-27)17-26-22(29)19-9-10-20-21(15-19)24(31)28(23(20)30)16-18-7-5-4-6-8-18/h4-10,15H,3,11-14,16-17H2,1-2H3,(H,26,29). The average molecular weight is 436 g/mol. The maximum absolute atomic E-state index is 12.9. The zero-order valence-electron chi connectivity index (χ0n) is 18.6. The van der Waals surface area contributed by atoms with Crippen molar-refractivity contribution in [2.45, 2.75) is 32.4 Å². The number of hydrogen-bond acceptors (Lipinski definition) is 5. The zero-order valence-corrected chi connectivity index (χ0v) is 18.6. The smallest absolute Gasteiger partial charge is 0.261 e. The van der Waals surface area contributed by atoms with E-state index < -0.39 is 0 Å². The van der Waals surface area contributed by atoms with Crippen LogP contribution < -0.4 is 5.32 Å². The van der Waals surface area contributed by atoms with E-state index in [1.54, 1.807) is 12.1 Å². The molecule has 1 atom stereocenters. The highest BCUT2D eigenvalue weighted by Crippen LogP contribution is 2.26. The molecule has 2 aromatic rings. The van der Waals surface area contributed by atoms with E-state index in [0.29, 0.717) is 30.9 Å². The minimum absolute atomic E-state index is 0.172. The van der Waals surface area contributed by atoms with Crippen molar-refractivity contribution in [3.8, 4) is 0 Å². The van der Waals surface area contributed by atoms with Gasteiger partial charge in [0.2, 0.25) is 0 Å². The van der Waals surface area contributed by atoms with Crippen LogP contribution >= 0.6 is 0 Å². The molecule has 7 nitrogen and oxygen atoms in total. The molecular formula is C25H29N3O4. The van der Waals surface area contributed by atoms with Gasteiger partial charge < -0.3 is 10.1 Å². The summed E-state index contributed by atoms with van der Waals surface area (Å²) in [4.78, 5) is 42.1. The topological polar surface area (TPSA) is 79.0 Å². The van der Waals surface area contributed by atoms with Crippen LogP contribution in [0.1, 0.15) is 56.9 Å². The van der Waals surface area contributed by atoms with Crippen molar-refractivity contribution in [3.63, 3.8) is 0 Å². The van der Waals surface area contributed by atoms with Gasteiger partial charge in [-0.15, -0.1) is 0 Å². The monoisotopic (exact) mass is 435 g/mol. The number of ether oxygens (including phenoxy) is 1. The molecule has 7 heteroatoms. The summed E-state index contributed by atoms with van der Waals surface area (Å²) < 4.78 is 5.45. The highest BCUT2D eigenvalue weighted by molar-refractivity contribution is 6.22. The molecular weight excluding hydrogens is 406 g/mol. The van der Waals surface area contributed by atoms with Gasteiger partial charge in [-0.2, -0.15) is 0 Å². The van der Waals surface area contributed by atoms with Gasteiger partial charge in [-0.25, -0.2) is 0 Å². The van der Waals surface area contributed by atoms with E-state index in [4.69, 9.17) is 4.74 Å². The van der Waals surface area contributed by atoms with Crippen LogP contribution in [0.5, 0.6) is 0 Å². The third-order valence-electron chi connectivity index (χ3n) is 6.58. The highest BCUT2D eigenvalue weighted by Gasteiger charge is 2.36. The lowest BCUT2D eigenvalue weighted by Gasteiger charge is -2.43. The van der Waals surface area contributed by atoms with Crippen LogP contribution in [0.15, 0.2) is 48.5 Å². The molecule has 1 unspecified atom stereocenters. The van der Waals surface area contributed by atoms with E-state index in [1.165, 1.54) is 11.0 Å². The predicted octanol–water partition coefficient (Wildman–Crippen LogP) is 2.71. The molecule has 168 valence electrons. The second-order valence-electron chi connectivity index (χ2n) is 8.58. The molecule has 2 aromatic carbocycles. The van der Waals surface area contributed by atoms with Gasteiger partial charge >= 0.3 is 0 Å². The zero-order chi connectivity index (χ0) is 22.7. The Kier molecular flexibility index (Phi) is 6.39. The SMILES string of the molecule is CCC(C)(CNC(=O)c1ccc2c(c1)C(=O)N(Cc1ccccc1)C2=O)N1CCOCC1. The number of carbonyl (C=O) groups excluding carboxylic acids is 3. The van der Waals surface area contributed by atoms with Crippen LogP contribution in [-0.2, 0) is 11.3 Å². The lowest BCUT2D eigenvalue weighted by Crippen LogP contribution is -2.56. The number of benzene rings is 2. The van der Waals surface area contributed by atoms with Crippen LogP contribution in [0.3, 0.4) is 0 Å². The van der Waals surface area contributed by atoms with Gasteiger partial charge in [-0.3, -0.25) is 24.2 Å². The van der Waals surface area contributed by atoms with Crippen molar-refractivity contribution < 1.29 is 19.1 Å². The molecule has 32 heavy (non-hydrogen) atoms. The largest absolute Gasteiger partial charge is 0.379 e. The molecule has 2 aliphatic heterocycles. The molecule has 0 aromatic heterocycles. The molecule has 1 fully saturated rings. The summed E-state index contributed by atoms with van der Waals surface area (Å²) in [5, 5.41) is 3.02. The van der Waals surface area contributed by atoms with Crippen molar-refractivity contribution in [2.24, 2.45) is 0 Å². The van der Waals surface area contributed by atoms with Crippen molar-refractivity contribution in [2.75, 3.05) is 32.8 Å². The summed E-state index contributed by atoms with van der Waals surface area (Å²) in [6.45, 7) is 8.04. The quantitative estimate of drug-likeness (QED) is 0.677. The molecule has 1 saturated heterocycles.